The molecule has 0 fully saturated rings. The molecule has 1 unspecified atom stereocenters. The lowest BCUT2D eigenvalue weighted by atomic mass is 10.1. The Morgan fingerprint density at radius 1 is 1.56 bits per heavy atom. The van der Waals surface area contributed by atoms with Gasteiger partial charge in [-0.1, -0.05) is 6.07 Å². The zero-order valence-electron chi connectivity index (χ0n) is 10.1. The van der Waals surface area contributed by atoms with Crippen molar-refractivity contribution in [3.63, 3.8) is 0 Å². The van der Waals surface area contributed by atoms with Crippen LogP contribution in [0.5, 0.6) is 0 Å². The van der Waals surface area contributed by atoms with Crippen LogP contribution in [0.4, 0.5) is 0 Å². The van der Waals surface area contributed by atoms with Crippen LogP contribution in [0.2, 0.25) is 0 Å². The van der Waals surface area contributed by atoms with E-state index in [4.69, 9.17) is 0 Å². The maximum Gasteiger partial charge on any atom is 0.263 e. The average Bonchev–Trinajstić information content (AvgIpc) is 2.96. The zero-order valence-corrected chi connectivity index (χ0v) is 11.8. The first-order valence-corrected chi connectivity index (χ1v) is 7.21. The van der Waals surface area contributed by atoms with E-state index in [0.717, 1.165) is 4.88 Å². The van der Waals surface area contributed by atoms with Crippen molar-refractivity contribution in [2.75, 3.05) is 6.54 Å². The molecule has 18 heavy (non-hydrogen) atoms. The van der Waals surface area contributed by atoms with Gasteiger partial charge in [0.25, 0.3) is 5.91 Å². The number of carbonyl (C=O) groups is 1. The number of carbonyl (C=O) groups excluding carboxylic acids is 1. The van der Waals surface area contributed by atoms with Crippen LogP contribution in [-0.2, 0) is 5.60 Å². The molecular formula is C12H14N2O2S2. The second kappa shape index (κ2) is 5.17. The second-order valence-corrected chi connectivity index (χ2v) is 6.00. The second-order valence-electron chi connectivity index (χ2n) is 4.20. The van der Waals surface area contributed by atoms with Crippen molar-refractivity contribution in [2.24, 2.45) is 0 Å². The Bertz CT molecular complexity index is 532. The molecule has 2 N–H and O–H groups in total. The molecule has 6 heteroatoms. The van der Waals surface area contributed by atoms with Gasteiger partial charge < -0.3 is 10.4 Å². The number of aromatic nitrogens is 1. The van der Waals surface area contributed by atoms with E-state index < -0.39 is 5.60 Å². The third-order valence-electron chi connectivity index (χ3n) is 2.60. The summed E-state index contributed by atoms with van der Waals surface area (Å²) >= 11 is 2.77. The van der Waals surface area contributed by atoms with Crippen molar-refractivity contribution < 1.29 is 9.90 Å². The van der Waals surface area contributed by atoms with Crippen LogP contribution in [-0.4, -0.2) is 22.5 Å². The van der Waals surface area contributed by atoms with E-state index in [1.165, 1.54) is 22.7 Å². The van der Waals surface area contributed by atoms with Crippen molar-refractivity contribution in [2.45, 2.75) is 19.4 Å². The van der Waals surface area contributed by atoms with Gasteiger partial charge in [0.2, 0.25) is 0 Å². The summed E-state index contributed by atoms with van der Waals surface area (Å²) in [6.07, 6.45) is 0. The van der Waals surface area contributed by atoms with E-state index in [-0.39, 0.29) is 12.5 Å². The fraction of sp³-hybridized carbons (Fsp3) is 0.333. The van der Waals surface area contributed by atoms with Crippen molar-refractivity contribution in [3.05, 3.63) is 38.5 Å². The third kappa shape index (κ3) is 2.77. The molecule has 2 aromatic heterocycles. The van der Waals surface area contributed by atoms with Gasteiger partial charge in [0.05, 0.1) is 17.7 Å². The fourth-order valence-corrected chi connectivity index (χ4v) is 3.03. The molecule has 0 saturated carbocycles. The minimum absolute atomic E-state index is 0.184. The maximum atomic E-state index is 11.9. The molecule has 2 heterocycles. The summed E-state index contributed by atoms with van der Waals surface area (Å²) < 4.78 is 0. The minimum atomic E-state index is -1.04. The van der Waals surface area contributed by atoms with Gasteiger partial charge in [-0.15, -0.1) is 22.7 Å². The number of aliphatic hydroxyl groups is 1. The predicted octanol–water partition coefficient (Wildman–Crippen LogP) is 2.15. The van der Waals surface area contributed by atoms with Crippen molar-refractivity contribution >= 4 is 28.6 Å². The molecule has 0 aromatic carbocycles. The Morgan fingerprint density at radius 2 is 2.33 bits per heavy atom. The maximum absolute atomic E-state index is 11.9. The lowest BCUT2D eigenvalue weighted by Crippen LogP contribution is -2.38. The van der Waals surface area contributed by atoms with Crippen LogP contribution in [0.3, 0.4) is 0 Å². The number of nitrogens with zero attached hydrogens (tertiary/aromatic N) is 1. The van der Waals surface area contributed by atoms with E-state index in [0.29, 0.717) is 10.6 Å². The normalized spacial score (nSPS) is 14.2. The molecule has 0 radical (unpaired) electrons. The first-order valence-electron chi connectivity index (χ1n) is 5.45. The summed E-state index contributed by atoms with van der Waals surface area (Å²) in [7, 11) is 0. The number of thiophene rings is 1. The summed E-state index contributed by atoms with van der Waals surface area (Å²) in [4.78, 5) is 17.4. The summed E-state index contributed by atoms with van der Waals surface area (Å²) in [5.41, 5.74) is 1.32. The number of nitrogens with one attached hydrogen (secondary N) is 1. The van der Waals surface area contributed by atoms with E-state index in [2.05, 4.69) is 10.3 Å². The van der Waals surface area contributed by atoms with Crippen molar-refractivity contribution in [1.82, 2.24) is 10.3 Å². The number of amides is 1. The number of aryl methyl sites for hydroxylation is 1. The van der Waals surface area contributed by atoms with Gasteiger partial charge in [-0.3, -0.25) is 4.79 Å². The van der Waals surface area contributed by atoms with Gasteiger partial charge in [0.1, 0.15) is 10.5 Å². The first kappa shape index (κ1) is 13.2. The van der Waals surface area contributed by atoms with Gasteiger partial charge in [-0.2, -0.15) is 0 Å². The fourth-order valence-electron chi connectivity index (χ4n) is 1.52. The monoisotopic (exact) mass is 282 g/mol. The molecule has 96 valence electrons. The topological polar surface area (TPSA) is 62.2 Å². The molecule has 0 saturated heterocycles. The van der Waals surface area contributed by atoms with Crippen LogP contribution in [0.25, 0.3) is 0 Å². The van der Waals surface area contributed by atoms with Gasteiger partial charge in [-0.25, -0.2) is 4.98 Å². The SMILES string of the molecule is Cc1ncsc1C(=O)NCC(C)(O)c1cccs1. The average molecular weight is 282 g/mol. The molecule has 4 nitrogen and oxygen atoms in total. The van der Waals surface area contributed by atoms with Crippen molar-refractivity contribution in [3.8, 4) is 0 Å². The molecule has 2 aromatic rings. The Labute approximate surface area is 113 Å². The highest BCUT2D eigenvalue weighted by molar-refractivity contribution is 7.11. The Balaban J connectivity index is 2.00. The largest absolute Gasteiger partial charge is 0.383 e. The molecule has 1 amide bonds. The van der Waals surface area contributed by atoms with Crippen LogP contribution < -0.4 is 5.32 Å². The Kier molecular flexibility index (Phi) is 3.79. The first-order chi connectivity index (χ1) is 8.50. The van der Waals surface area contributed by atoms with Crippen LogP contribution >= 0.6 is 22.7 Å². The lowest BCUT2D eigenvalue weighted by molar-refractivity contribution is 0.0557. The smallest absolute Gasteiger partial charge is 0.263 e. The van der Waals surface area contributed by atoms with Gasteiger partial charge in [0, 0.05) is 4.88 Å². The highest BCUT2D eigenvalue weighted by atomic mass is 32.1. The Hall–Kier alpha value is -1.24. The summed E-state index contributed by atoms with van der Waals surface area (Å²) in [6.45, 7) is 3.67. The van der Waals surface area contributed by atoms with Crippen molar-refractivity contribution in [1.29, 1.82) is 0 Å². The molecule has 0 aliphatic heterocycles. The summed E-state index contributed by atoms with van der Waals surface area (Å²) in [6, 6.07) is 3.73. The van der Waals surface area contributed by atoms with Crippen LogP contribution in [0.15, 0.2) is 23.0 Å². The molecular weight excluding hydrogens is 268 g/mol. The van der Waals surface area contributed by atoms with Gasteiger partial charge >= 0.3 is 0 Å². The number of rotatable bonds is 4. The van der Waals surface area contributed by atoms with E-state index in [1.54, 1.807) is 19.4 Å². The summed E-state index contributed by atoms with van der Waals surface area (Å²) in [5, 5.41) is 14.9. The predicted molar refractivity (Wildman–Crippen MR) is 73.1 cm³/mol. The zero-order chi connectivity index (χ0) is 13.2. The third-order valence-corrected chi connectivity index (χ3v) is 4.65. The molecule has 0 bridgehead atoms. The molecule has 0 spiro atoms. The van der Waals surface area contributed by atoms with E-state index in [9.17, 15) is 9.90 Å². The quantitative estimate of drug-likeness (QED) is 0.903. The molecule has 0 aliphatic carbocycles. The lowest BCUT2D eigenvalue weighted by Gasteiger charge is -2.22. The molecule has 1 atom stereocenters. The standard InChI is InChI=1S/C12H14N2O2S2/c1-8-10(18-7-14-8)11(15)13-6-12(2,16)9-4-3-5-17-9/h3-5,7,16H,6H2,1-2H3,(H,13,15). The molecule has 0 aliphatic rings. The highest BCUT2D eigenvalue weighted by Crippen LogP contribution is 2.24. The summed E-state index contributed by atoms with van der Waals surface area (Å²) in [5.74, 6) is -0.188. The van der Waals surface area contributed by atoms with Gasteiger partial charge in [0.15, 0.2) is 0 Å². The van der Waals surface area contributed by atoms with Gasteiger partial charge in [-0.05, 0) is 25.3 Å². The number of hydrogen-bond acceptors (Lipinski definition) is 5. The van der Waals surface area contributed by atoms with E-state index >= 15 is 0 Å². The Morgan fingerprint density at radius 3 is 2.89 bits per heavy atom. The minimum Gasteiger partial charge on any atom is -0.383 e. The van der Waals surface area contributed by atoms with Crippen LogP contribution in [0, 0.1) is 6.92 Å². The van der Waals surface area contributed by atoms with E-state index in [1.807, 2.05) is 17.5 Å². The number of thiazole rings is 1. The van der Waals surface area contributed by atoms with Crippen LogP contribution in [0.1, 0.15) is 27.2 Å². The number of hydrogen-bond donors (Lipinski definition) is 2. The highest BCUT2D eigenvalue weighted by Gasteiger charge is 2.25. The molecule has 2 rings (SSSR count).